The van der Waals surface area contributed by atoms with Gasteiger partial charge in [0.25, 0.3) is 0 Å². The second kappa shape index (κ2) is 19.7. The molecule has 0 unspecified atom stereocenters. The predicted octanol–water partition coefficient (Wildman–Crippen LogP) is 10.4. The standard InChI is InChI=1S/C33H53N/c1-3-5-7-9-11-13-15-23-29-34(30-24-16-14-12-10-8-6-4-2)33(31-25-19-17-20-26-31)32-27-21-18-22-28-32/h17-22,25-28,33H,3-16,23-24,29-30H2,1-2H3. The number of nitrogens with zero attached hydrogens (tertiary/aromatic N) is 1. The summed E-state index contributed by atoms with van der Waals surface area (Å²) in [6.07, 6.45) is 22.2. The summed E-state index contributed by atoms with van der Waals surface area (Å²) in [5, 5.41) is 0. The molecule has 0 aliphatic heterocycles. The summed E-state index contributed by atoms with van der Waals surface area (Å²) in [5.74, 6) is 0. The van der Waals surface area contributed by atoms with E-state index in [2.05, 4.69) is 79.4 Å². The molecule has 0 amide bonds. The smallest absolute Gasteiger partial charge is 0.0601 e. The molecule has 1 heteroatoms. The fourth-order valence-electron chi connectivity index (χ4n) is 5.15. The molecule has 0 spiro atoms. The lowest BCUT2D eigenvalue weighted by atomic mass is 9.96. The molecule has 190 valence electrons. The van der Waals surface area contributed by atoms with Crippen molar-refractivity contribution >= 4 is 0 Å². The van der Waals surface area contributed by atoms with Crippen LogP contribution in [0.1, 0.15) is 134 Å². The molecule has 0 fully saturated rings. The van der Waals surface area contributed by atoms with Crippen molar-refractivity contribution in [2.75, 3.05) is 13.1 Å². The molecule has 1 nitrogen and oxygen atoms in total. The zero-order chi connectivity index (χ0) is 24.1. The zero-order valence-electron chi connectivity index (χ0n) is 22.5. The lowest BCUT2D eigenvalue weighted by Gasteiger charge is -2.33. The maximum absolute atomic E-state index is 2.79. The van der Waals surface area contributed by atoms with Crippen LogP contribution < -0.4 is 0 Å². The van der Waals surface area contributed by atoms with Gasteiger partial charge in [0, 0.05) is 0 Å². The van der Waals surface area contributed by atoms with Crippen LogP contribution in [-0.4, -0.2) is 18.0 Å². The van der Waals surface area contributed by atoms with Crippen molar-refractivity contribution in [1.29, 1.82) is 0 Å². The van der Waals surface area contributed by atoms with Crippen LogP contribution in [0.15, 0.2) is 60.7 Å². The summed E-state index contributed by atoms with van der Waals surface area (Å²) in [6, 6.07) is 22.8. The van der Waals surface area contributed by atoms with Gasteiger partial charge in [-0.1, -0.05) is 164 Å². The average Bonchev–Trinajstić information content (AvgIpc) is 2.88. The van der Waals surface area contributed by atoms with E-state index in [1.165, 1.54) is 127 Å². The van der Waals surface area contributed by atoms with Crippen molar-refractivity contribution in [3.8, 4) is 0 Å². The van der Waals surface area contributed by atoms with E-state index >= 15 is 0 Å². The SMILES string of the molecule is CCCCCCCCCCN(CCCCCCCCCC)C(c1ccccc1)c1ccccc1. The van der Waals surface area contributed by atoms with E-state index in [4.69, 9.17) is 0 Å². The van der Waals surface area contributed by atoms with Crippen LogP contribution >= 0.6 is 0 Å². The summed E-state index contributed by atoms with van der Waals surface area (Å²) < 4.78 is 0. The van der Waals surface area contributed by atoms with Crippen LogP contribution in [0.4, 0.5) is 0 Å². The van der Waals surface area contributed by atoms with Crippen molar-refractivity contribution in [2.45, 2.75) is 123 Å². The highest BCUT2D eigenvalue weighted by Crippen LogP contribution is 2.29. The van der Waals surface area contributed by atoms with E-state index < -0.39 is 0 Å². The van der Waals surface area contributed by atoms with Crippen molar-refractivity contribution in [2.24, 2.45) is 0 Å². The Balaban J connectivity index is 1.93. The first-order valence-electron chi connectivity index (χ1n) is 14.7. The van der Waals surface area contributed by atoms with Gasteiger partial charge in [0.05, 0.1) is 6.04 Å². The summed E-state index contributed by atoms with van der Waals surface area (Å²) >= 11 is 0. The minimum atomic E-state index is 0.372. The Kier molecular flexibility index (Phi) is 16.6. The normalized spacial score (nSPS) is 11.5. The molecule has 0 aromatic heterocycles. The van der Waals surface area contributed by atoms with Gasteiger partial charge in [0.15, 0.2) is 0 Å². The van der Waals surface area contributed by atoms with Gasteiger partial charge in [-0.05, 0) is 37.1 Å². The zero-order valence-corrected chi connectivity index (χ0v) is 22.5. The van der Waals surface area contributed by atoms with Crippen molar-refractivity contribution < 1.29 is 0 Å². The van der Waals surface area contributed by atoms with Crippen LogP contribution in [0.25, 0.3) is 0 Å². The Morgan fingerprint density at radius 1 is 0.441 bits per heavy atom. The van der Waals surface area contributed by atoms with Gasteiger partial charge in [0.2, 0.25) is 0 Å². The second-order valence-corrected chi connectivity index (χ2v) is 10.2. The van der Waals surface area contributed by atoms with Crippen LogP contribution in [0, 0.1) is 0 Å². The van der Waals surface area contributed by atoms with Gasteiger partial charge in [-0.15, -0.1) is 0 Å². The number of hydrogen-bond donors (Lipinski definition) is 0. The van der Waals surface area contributed by atoms with E-state index in [-0.39, 0.29) is 0 Å². The topological polar surface area (TPSA) is 3.24 Å². The van der Waals surface area contributed by atoms with Crippen molar-refractivity contribution in [1.82, 2.24) is 4.90 Å². The van der Waals surface area contributed by atoms with Crippen LogP contribution in [-0.2, 0) is 0 Å². The Hall–Kier alpha value is -1.60. The Morgan fingerprint density at radius 2 is 0.765 bits per heavy atom. The van der Waals surface area contributed by atoms with E-state index in [0.717, 1.165) is 0 Å². The predicted molar refractivity (Wildman–Crippen MR) is 152 cm³/mol. The van der Waals surface area contributed by atoms with Crippen molar-refractivity contribution in [3.05, 3.63) is 71.8 Å². The molecule has 2 aromatic carbocycles. The fourth-order valence-corrected chi connectivity index (χ4v) is 5.15. The molecule has 0 saturated carbocycles. The monoisotopic (exact) mass is 463 g/mol. The molecule has 34 heavy (non-hydrogen) atoms. The molecule has 2 rings (SSSR count). The Labute approximate surface area is 212 Å². The van der Waals surface area contributed by atoms with E-state index in [0.29, 0.717) is 6.04 Å². The minimum Gasteiger partial charge on any atom is -0.292 e. The first-order chi connectivity index (χ1) is 16.9. The summed E-state index contributed by atoms with van der Waals surface area (Å²) in [5.41, 5.74) is 2.88. The lowest BCUT2D eigenvalue weighted by molar-refractivity contribution is 0.214. The quantitative estimate of drug-likeness (QED) is 0.166. The second-order valence-electron chi connectivity index (χ2n) is 10.2. The first kappa shape index (κ1) is 28.6. The first-order valence-corrected chi connectivity index (χ1v) is 14.7. The average molecular weight is 464 g/mol. The molecule has 0 bridgehead atoms. The van der Waals surface area contributed by atoms with Crippen molar-refractivity contribution in [3.63, 3.8) is 0 Å². The van der Waals surface area contributed by atoms with Gasteiger partial charge in [-0.3, -0.25) is 4.90 Å². The van der Waals surface area contributed by atoms with Crippen LogP contribution in [0.3, 0.4) is 0 Å². The fraction of sp³-hybridized carbons (Fsp3) is 0.636. The van der Waals surface area contributed by atoms with Gasteiger partial charge < -0.3 is 0 Å². The largest absolute Gasteiger partial charge is 0.292 e. The molecule has 0 atom stereocenters. The summed E-state index contributed by atoms with van der Waals surface area (Å²) in [4.78, 5) is 2.79. The third-order valence-corrected chi connectivity index (χ3v) is 7.19. The molecule has 0 radical (unpaired) electrons. The third kappa shape index (κ3) is 12.2. The number of benzene rings is 2. The lowest BCUT2D eigenvalue weighted by Crippen LogP contribution is -2.31. The number of hydrogen-bond acceptors (Lipinski definition) is 1. The maximum atomic E-state index is 2.79. The third-order valence-electron chi connectivity index (χ3n) is 7.19. The summed E-state index contributed by atoms with van der Waals surface area (Å²) in [6.45, 7) is 7.02. The van der Waals surface area contributed by atoms with Gasteiger partial charge in [0.1, 0.15) is 0 Å². The number of rotatable bonds is 21. The minimum absolute atomic E-state index is 0.372. The number of unbranched alkanes of at least 4 members (excludes halogenated alkanes) is 14. The molecule has 2 aromatic rings. The summed E-state index contributed by atoms with van der Waals surface area (Å²) in [7, 11) is 0. The molecule has 0 saturated heterocycles. The molecule has 0 aliphatic carbocycles. The molecule has 0 N–H and O–H groups in total. The maximum Gasteiger partial charge on any atom is 0.0601 e. The van der Waals surface area contributed by atoms with Crippen LogP contribution in [0.5, 0.6) is 0 Å². The van der Waals surface area contributed by atoms with Crippen LogP contribution in [0.2, 0.25) is 0 Å². The molecule has 0 aliphatic rings. The van der Waals surface area contributed by atoms with Gasteiger partial charge in [-0.25, -0.2) is 0 Å². The van der Waals surface area contributed by atoms with Gasteiger partial charge >= 0.3 is 0 Å². The highest BCUT2D eigenvalue weighted by molar-refractivity contribution is 5.31. The highest BCUT2D eigenvalue weighted by Gasteiger charge is 2.21. The Morgan fingerprint density at radius 3 is 1.12 bits per heavy atom. The highest BCUT2D eigenvalue weighted by atomic mass is 15.2. The molecular formula is C33H53N. The van der Waals surface area contributed by atoms with Gasteiger partial charge in [-0.2, -0.15) is 0 Å². The molecule has 0 heterocycles. The van der Waals surface area contributed by atoms with E-state index in [9.17, 15) is 0 Å². The van der Waals surface area contributed by atoms with E-state index in [1.807, 2.05) is 0 Å². The van der Waals surface area contributed by atoms with E-state index in [1.54, 1.807) is 0 Å². The molecular weight excluding hydrogens is 410 g/mol. The Bertz CT molecular complexity index is 621.